The van der Waals surface area contributed by atoms with Gasteiger partial charge in [0.25, 0.3) is 5.91 Å². The summed E-state index contributed by atoms with van der Waals surface area (Å²) in [5.41, 5.74) is -0.312. The van der Waals surface area contributed by atoms with Gasteiger partial charge >= 0.3 is 6.09 Å². The number of hydrogen-bond acceptors (Lipinski definition) is 5. The predicted octanol–water partition coefficient (Wildman–Crippen LogP) is 5.31. The van der Waals surface area contributed by atoms with Crippen LogP contribution in [0.3, 0.4) is 0 Å². The number of furan rings is 1. The lowest BCUT2D eigenvalue weighted by Crippen LogP contribution is -2.56. The molecule has 1 unspecified atom stereocenters. The molecule has 7 heteroatoms. The van der Waals surface area contributed by atoms with E-state index in [1.807, 2.05) is 4.90 Å². The van der Waals surface area contributed by atoms with E-state index in [-0.39, 0.29) is 23.6 Å². The zero-order valence-electron chi connectivity index (χ0n) is 21.5. The molecular formula is C28H43N3O4. The quantitative estimate of drug-likeness (QED) is 0.524. The van der Waals surface area contributed by atoms with E-state index in [1.54, 1.807) is 18.4 Å². The maximum absolute atomic E-state index is 13.1. The molecule has 1 aromatic heterocycles. The lowest BCUT2D eigenvalue weighted by Gasteiger charge is -2.46. The summed E-state index contributed by atoms with van der Waals surface area (Å²) in [5.74, 6) is 1.08. The van der Waals surface area contributed by atoms with Crippen molar-refractivity contribution < 1.29 is 18.7 Å². The van der Waals surface area contributed by atoms with Gasteiger partial charge < -0.3 is 19.0 Å². The Kier molecular flexibility index (Phi) is 7.71. The molecule has 7 nitrogen and oxygen atoms in total. The fourth-order valence-electron chi connectivity index (χ4n) is 7.07. The van der Waals surface area contributed by atoms with Gasteiger partial charge in [-0.05, 0) is 50.2 Å². The first-order valence-corrected chi connectivity index (χ1v) is 14.2. The molecule has 4 aliphatic rings. The van der Waals surface area contributed by atoms with E-state index in [2.05, 4.69) is 16.7 Å². The molecule has 1 aromatic rings. The van der Waals surface area contributed by atoms with Crippen LogP contribution in [-0.2, 0) is 4.74 Å². The molecule has 35 heavy (non-hydrogen) atoms. The fraction of sp³-hybridized carbons (Fsp3) is 0.786. The van der Waals surface area contributed by atoms with Gasteiger partial charge in [0.1, 0.15) is 5.60 Å². The minimum absolute atomic E-state index is 0.000684. The van der Waals surface area contributed by atoms with E-state index in [0.717, 1.165) is 77.7 Å². The molecule has 3 saturated heterocycles. The summed E-state index contributed by atoms with van der Waals surface area (Å²) in [5, 5.41) is 0. The number of ether oxygens (including phenoxy) is 1. The highest BCUT2D eigenvalue weighted by Crippen LogP contribution is 2.42. The van der Waals surface area contributed by atoms with Gasteiger partial charge in [0.05, 0.1) is 12.3 Å². The third kappa shape index (κ3) is 5.25. The summed E-state index contributed by atoms with van der Waals surface area (Å²) >= 11 is 0. The van der Waals surface area contributed by atoms with Crippen molar-refractivity contribution in [2.24, 2.45) is 5.92 Å². The van der Waals surface area contributed by atoms with E-state index in [9.17, 15) is 9.59 Å². The van der Waals surface area contributed by atoms with Crippen molar-refractivity contribution in [2.75, 3.05) is 32.7 Å². The highest BCUT2D eigenvalue weighted by molar-refractivity contribution is 5.91. The van der Waals surface area contributed by atoms with Crippen LogP contribution in [0.4, 0.5) is 4.79 Å². The van der Waals surface area contributed by atoms with Crippen LogP contribution in [0.1, 0.15) is 94.5 Å². The maximum atomic E-state index is 13.1. The van der Waals surface area contributed by atoms with Crippen LogP contribution >= 0.6 is 0 Å². The number of carbonyl (C=O) groups is 2. The third-order valence-corrected chi connectivity index (χ3v) is 9.16. The fourth-order valence-corrected chi connectivity index (χ4v) is 7.07. The Morgan fingerprint density at radius 3 is 2.46 bits per heavy atom. The molecule has 1 spiro atoms. The first kappa shape index (κ1) is 24.7. The zero-order chi connectivity index (χ0) is 24.3. The molecule has 1 aliphatic carbocycles. The molecule has 0 radical (unpaired) electrons. The van der Waals surface area contributed by atoms with Crippen LogP contribution in [0.15, 0.2) is 22.8 Å². The normalized spacial score (nSPS) is 26.4. The first-order chi connectivity index (χ1) is 17.1. The number of amides is 2. The molecule has 1 saturated carbocycles. The van der Waals surface area contributed by atoms with E-state index in [1.165, 1.54) is 32.1 Å². The lowest BCUT2D eigenvalue weighted by molar-refractivity contribution is -0.0386. The summed E-state index contributed by atoms with van der Waals surface area (Å²) < 4.78 is 11.6. The van der Waals surface area contributed by atoms with Gasteiger partial charge in [-0.3, -0.25) is 9.69 Å². The number of hydrogen-bond donors (Lipinski definition) is 0. The molecule has 2 amide bonds. The minimum atomic E-state index is -0.312. The van der Waals surface area contributed by atoms with Gasteiger partial charge in [-0.25, -0.2) is 4.79 Å². The lowest BCUT2D eigenvalue weighted by atomic mass is 9.80. The molecule has 194 valence electrons. The monoisotopic (exact) mass is 485 g/mol. The molecule has 0 aromatic carbocycles. The van der Waals surface area contributed by atoms with Crippen LogP contribution in [0, 0.1) is 5.92 Å². The van der Waals surface area contributed by atoms with Crippen LogP contribution in [-0.4, -0.2) is 77.1 Å². The van der Waals surface area contributed by atoms with E-state index in [0.29, 0.717) is 17.7 Å². The molecule has 0 N–H and O–H groups in total. The molecule has 5 rings (SSSR count). The Hall–Kier alpha value is -2.02. The Morgan fingerprint density at radius 2 is 1.80 bits per heavy atom. The Labute approximate surface area is 210 Å². The molecule has 0 bridgehead atoms. The maximum Gasteiger partial charge on any atom is 0.410 e. The predicted molar refractivity (Wildman–Crippen MR) is 134 cm³/mol. The Bertz CT molecular complexity index is 834. The Morgan fingerprint density at radius 1 is 1.06 bits per heavy atom. The standard InChI is InChI=1S/C28H43N3O4/c1-2-3-11-25-28(35-27(33)31(25)21-22-8-5-4-6-9-22)14-18-29(19-15-28)23-12-16-30(17-13-23)26(32)24-10-7-20-34-24/h7,10,20,22-23,25H,2-6,8-9,11-19,21H2,1H3. The largest absolute Gasteiger partial charge is 0.459 e. The summed E-state index contributed by atoms with van der Waals surface area (Å²) in [6.07, 6.45) is 15.2. The van der Waals surface area contributed by atoms with Crippen LogP contribution in [0.5, 0.6) is 0 Å². The number of likely N-dealkylation sites (tertiary alicyclic amines) is 2. The second-order valence-corrected chi connectivity index (χ2v) is 11.3. The van der Waals surface area contributed by atoms with Gasteiger partial charge in [-0.1, -0.05) is 39.0 Å². The van der Waals surface area contributed by atoms with Crippen molar-refractivity contribution in [2.45, 2.75) is 102 Å². The topological polar surface area (TPSA) is 66.2 Å². The summed E-state index contributed by atoms with van der Waals surface area (Å²) in [4.78, 5) is 32.4. The minimum Gasteiger partial charge on any atom is -0.459 e. The highest BCUT2D eigenvalue weighted by Gasteiger charge is 2.55. The smallest absolute Gasteiger partial charge is 0.410 e. The number of unbranched alkanes of at least 4 members (excludes halogenated alkanes) is 1. The second-order valence-electron chi connectivity index (χ2n) is 11.3. The molecular weight excluding hydrogens is 442 g/mol. The van der Waals surface area contributed by atoms with Crippen LogP contribution in [0.25, 0.3) is 0 Å². The summed E-state index contributed by atoms with van der Waals surface area (Å²) in [6.45, 7) is 6.63. The van der Waals surface area contributed by atoms with Gasteiger partial charge in [-0.2, -0.15) is 0 Å². The zero-order valence-corrected chi connectivity index (χ0v) is 21.5. The van der Waals surface area contributed by atoms with Crippen molar-refractivity contribution >= 4 is 12.0 Å². The third-order valence-electron chi connectivity index (χ3n) is 9.16. The molecule has 3 aliphatic heterocycles. The first-order valence-electron chi connectivity index (χ1n) is 14.2. The van der Waals surface area contributed by atoms with E-state index >= 15 is 0 Å². The second kappa shape index (κ2) is 10.9. The van der Waals surface area contributed by atoms with E-state index in [4.69, 9.17) is 9.15 Å². The van der Waals surface area contributed by atoms with Crippen molar-refractivity contribution in [1.82, 2.24) is 14.7 Å². The Balaban J connectivity index is 1.17. The van der Waals surface area contributed by atoms with Crippen molar-refractivity contribution in [3.63, 3.8) is 0 Å². The number of rotatable bonds is 7. The van der Waals surface area contributed by atoms with E-state index < -0.39 is 0 Å². The average molecular weight is 486 g/mol. The van der Waals surface area contributed by atoms with Crippen molar-refractivity contribution in [3.8, 4) is 0 Å². The van der Waals surface area contributed by atoms with Crippen LogP contribution in [0.2, 0.25) is 0 Å². The number of piperidine rings is 2. The molecule has 4 heterocycles. The SMILES string of the molecule is CCCCC1N(CC2CCCCC2)C(=O)OC12CCN(C1CCN(C(=O)c3ccco3)CC1)CC2. The number of nitrogens with zero attached hydrogens (tertiary/aromatic N) is 3. The molecule has 4 fully saturated rings. The average Bonchev–Trinajstić information content (AvgIpc) is 3.51. The summed E-state index contributed by atoms with van der Waals surface area (Å²) in [6, 6.07) is 4.24. The molecule has 1 atom stereocenters. The van der Waals surface area contributed by atoms with Gasteiger partial charge in [-0.15, -0.1) is 0 Å². The highest BCUT2D eigenvalue weighted by atomic mass is 16.6. The van der Waals surface area contributed by atoms with Crippen molar-refractivity contribution in [3.05, 3.63) is 24.2 Å². The van der Waals surface area contributed by atoms with Gasteiger partial charge in [0.2, 0.25) is 0 Å². The summed E-state index contributed by atoms with van der Waals surface area (Å²) in [7, 11) is 0. The van der Waals surface area contributed by atoms with Gasteiger partial charge in [0.15, 0.2) is 5.76 Å². The van der Waals surface area contributed by atoms with Gasteiger partial charge in [0, 0.05) is 51.6 Å². The van der Waals surface area contributed by atoms with Crippen molar-refractivity contribution in [1.29, 1.82) is 0 Å². The number of carbonyl (C=O) groups excluding carboxylic acids is 2. The van der Waals surface area contributed by atoms with Crippen LogP contribution < -0.4 is 0 Å².